The summed E-state index contributed by atoms with van der Waals surface area (Å²) in [5, 5.41) is 2.08. The van der Waals surface area contributed by atoms with Crippen LogP contribution < -0.4 is 0 Å². The van der Waals surface area contributed by atoms with Gasteiger partial charge in [0.05, 0.1) is 5.56 Å². The zero-order valence-corrected chi connectivity index (χ0v) is 20.1. The van der Waals surface area contributed by atoms with E-state index in [0.717, 1.165) is 34.2 Å². The van der Waals surface area contributed by atoms with Gasteiger partial charge in [-0.25, -0.2) is 13.2 Å². The molecule has 0 saturated heterocycles. The Morgan fingerprint density at radius 1 is 0.882 bits per heavy atom. The van der Waals surface area contributed by atoms with Gasteiger partial charge >= 0.3 is 0 Å². The lowest BCUT2D eigenvalue weighted by Gasteiger charge is -2.36. The van der Waals surface area contributed by atoms with Gasteiger partial charge in [-0.15, -0.1) is 0 Å². The first-order chi connectivity index (χ1) is 16.5. The third-order valence-electron chi connectivity index (χ3n) is 7.59. The van der Waals surface area contributed by atoms with E-state index in [-0.39, 0.29) is 5.56 Å². The average molecular weight is 463 g/mol. The van der Waals surface area contributed by atoms with Crippen molar-refractivity contribution >= 4 is 10.8 Å². The zero-order chi connectivity index (χ0) is 24.1. The van der Waals surface area contributed by atoms with E-state index in [1.165, 1.54) is 63.0 Å². The molecule has 0 spiro atoms. The fraction of sp³-hybridized carbons (Fsp3) is 0.419. The van der Waals surface area contributed by atoms with Crippen molar-refractivity contribution in [2.45, 2.75) is 71.1 Å². The molecule has 0 amide bonds. The maximum absolute atomic E-state index is 14.0. The van der Waals surface area contributed by atoms with Gasteiger partial charge in [0.15, 0.2) is 17.5 Å². The molecule has 1 aliphatic rings. The van der Waals surface area contributed by atoms with Crippen molar-refractivity contribution in [3.63, 3.8) is 0 Å². The first-order valence-electron chi connectivity index (χ1n) is 12.7. The van der Waals surface area contributed by atoms with Gasteiger partial charge in [0.2, 0.25) is 0 Å². The summed E-state index contributed by atoms with van der Waals surface area (Å²) in [6.45, 7) is 4.64. The van der Waals surface area contributed by atoms with Crippen LogP contribution >= 0.6 is 0 Å². The Bertz CT molecular complexity index is 1200. The van der Waals surface area contributed by atoms with Crippen molar-refractivity contribution in [3.8, 4) is 11.8 Å². The molecule has 1 fully saturated rings. The molecule has 1 saturated carbocycles. The van der Waals surface area contributed by atoms with Crippen molar-refractivity contribution in [2.24, 2.45) is 11.8 Å². The number of halogens is 3. The highest BCUT2D eigenvalue weighted by Gasteiger charge is 2.30. The molecule has 3 aromatic rings. The fourth-order valence-corrected chi connectivity index (χ4v) is 5.61. The van der Waals surface area contributed by atoms with E-state index in [9.17, 15) is 13.2 Å². The molecule has 4 rings (SSSR count). The molecular weight excluding hydrogens is 429 g/mol. The summed E-state index contributed by atoms with van der Waals surface area (Å²) in [7, 11) is 0. The lowest BCUT2D eigenvalue weighted by atomic mass is 9.69. The fourth-order valence-electron chi connectivity index (χ4n) is 5.61. The first kappa shape index (κ1) is 24.4. The number of rotatable bonds is 6. The molecular formula is C31H33F3. The predicted octanol–water partition coefficient (Wildman–Crippen LogP) is 9.15. The minimum absolute atomic E-state index is 0.146. The first-order valence-corrected chi connectivity index (χ1v) is 12.7. The van der Waals surface area contributed by atoms with Crippen LogP contribution in [0, 0.1) is 41.1 Å². The molecule has 34 heavy (non-hydrogen) atoms. The standard InChI is InChI=1S/C31H33F3/c1-3-4-5-9-22-10-6-7-13-27(22)21(2)25-16-18-28-23(11-8-12-26(28)20-25)14-15-24-17-19-29(32)31(34)30(24)33/h8,11-12,16-22,27H,3-7,9-10,13H2,1-2H3. The maximum Gasteiger partial charge on any atom is 0.195 e. The summed E-state index contributed by atoms with van der Waals surface area (Å²) in [6.07, 6.45) is 10.6. The van der Waals surface area contributed by atoms with E-state index in [0.29, 0.717) is 5.92 Å². The van der Waals surface area contributed by atoms with Gasteiger partial charge in [0.1, 0.15) is 0 Å². The number of hydrogen-bond acceptors (Lipinski definition) is 0. The van der Waals surface area contributed by atoms with Crippen LogP contribution in [0.3, 0.4) is 0 Å². The Labute approximate surface area is 201 Å². The van der Waals surface area contributed by atoms with E-state index in [2.05, 4.69) is 50.0 Å². The van der Waals surface area contributed by atoms with Gasteiger partial charge in [-0.2, -0.15) is 0 Å². The molecule has 0 N–H and O–H groups in total. The van der Waals surface area contributed by atoms with Crippen molar-refractivity contribution in [2.75, 3.05) is 0 Å². The van der Waals surface area contributed by atoms with Crippen LogP contribution in [0.1, 0.15) is 87.8 Å². The lowest BCUT2D eigenvalue weighted by Crippen LogP contribution is -2.24. The third-order valence-corrected chi connectivity index (χ3v) is 7.59. The molecule has 3 atom stereocenters. The second-order valence-electron chi connectivity index (χ2n) is 9.75. The van der Waals surface area contributed by atoms with Gasteiger partial charge in [-0.3, -0.25) is 0 Å². The SMILES string of the molecule is CCCCCC1CCCCC1C(C)c1ccc2c(C#Cc3ccc(F)c(F)c3F)cccc2c1. The van der Waals surface area contributed by atoms with E-state index < -0.39 is 17.5 Å². The average Bonchev–Trinajstić information content (AvgIpc) is 2.86. The summed E-state index contributed by atoms with van der Waals surface area (Å²) in [4.78, 5) is 0. The third kappa shape index (κ3) is 5.33. The molecule has 0 bridgehead atoms. The number of fused-ring (bicyclic) bond motifs is 1. The minimum Gasteiger partial charge on any atom is -0.204 e. The van der Waals surface area contributed by atoms with Gasteiger partial charge in [0, 0.05) is 5.56 Å². The van der Waals surface area contributed by atoms with E-state index in [4.69, 9.17) is 0 Å². The predicted molar refractivity (Wildman–Crippen MR) is 134 cm³/mol. The van der Waals surface area contributed by atoms with Crippen LogP contribution in [0.5, 0.6) is 0 Å². The molecule has 0 aliphatic heterocycles. The van der Waals surface area contributed by atoms with Gasteiger partial charge < -0.3 is 0 Å². The van der Waals surface area contributed by atoms with E-state index >= 15 is 0 Å². The molecule has 3 aromatic carbocycles. The number of hydrogen-bond donors (Lipinski definition) is 0. The topological polar surface area (TPSA) is 0 Å². The quantitative estimate of drug-likeness (QED) is 0.195. The van der Waals surface area contributed by atoms with Gasteiger partial charge in [-0.1, -0.05) is 101 Å². The maximum atomic E-state index is 14.0. The van der Waals surface area contributed by atoms with E-state index in [1.54, 1.807) is 0 Å². The second-order valence-corrected chi connectivity index (χ2v) is 9.75. The Kier molecular flexibility index (Phi) is 7.99. The summed E-state index contributed by atoms with van der Waals surface area (Å²) >= 11 is 0. The molecule has 0 heterocycles. The minimum atomic E-state index is -1.49. The van der Waals surface area contributed by atoms with Gasteiger partial charge in [0.25, 0.3) is 0 Å². The number of unbranched alkanes of at least 4 members (excludes halogenated alkanes) is 2. The Balaban J connectivity index is 1.59. The molecule has 3 unspecified atom stereocenters. The summed E-state index contributed by atoms with van der Waals surface area (Å²) in [6, 6.07) is 14.5. The highest BCUT2D eigenvalue weighted by molar-refractivity contribution is 5.89. The van der Waals surface area contributed by atoms with Crippen LogP contribution in [-0.4, -0.2) is 0 Å². The highest BCUT2D eigenvalue weighted by Crippen LogP contribution is 2.42. The summed E-state index contributed by atoms with van der Waals surface area (Å²) in [5.74, 6) is 3.74. The molecule has 1 aliphatic carbocycles. The van der Waals surface area contributed by atoms with Crippen molar-refractivity contribution < 1.29 is 13.2 Å². The zero-order valence-electron chi connectivity index (χ0n) is 20.1. The second kappa shape index (κ2) is 11.1. The molecule has 0 radical (unpaired) electrons. The smallest absolute Gasteiger partial charge is 0.195 e. The van der Waals surface area contributed by atoms with Crippen molar-refractivity contribution in [1.29, 1.82) is 0 Å². The van der Waals surface area contributed by atoms with Crippen LogP contribution in [0.4, 0.5) is 13.2 Å². The summed E-state index contributed by atoms with van der Waals surface area (Å²) < 4.78 is 40.8. The van der Waals surface area contributed by atoms with E-state index in [1.807, 2.05) is 12.1 Å². The Hall–Kier alpha value is -2.73. The van der Waals surface area contributed by atoms with Crippen molar-refractivity contribution in [1.82, 2.24) is 0 Å². The lowest BCUT2D eigenvalue weighted by molar-refractivity contribution is 0.192. The Morgan fingerprint density at radius 2 is 1.68 bits per heavy atom. The normalized spacial score (nSPS) is 19.0. The van der Waals surface area contributed by atoms with Crippen molar-refractivity contribution in [3.05, 3.63) is 82.7 Å². The van der Waals surface area contributed by atoms with Gasteiger partial charge in [-0.05, 0) is 58.7 Å². The summed E-state index contributed by atoms with van der Waals surface area (Å²) in [5.41, 5.74) is 1.96. The largest absolute Gasteiger partial charge is 0.204 e. The monoisotopic (exact) mass is 462 g/mol. The molecule has 178 valence electrons. The van der Waals surface area contributed by atoms with Crippen LogP contribution in [0.25, 0.3) is 10.8 Å². The van der Waals surface area contributed by atoms with Crippen LogP contribution in [0.15, 0.2) is 48.5 Å². The molecule has 0 nitrogen and oxygen atoms in total. The number of benzene rings is 3. The Morgan fingerprint density at radius 3 is 2.50 bits per heavy atom. The highest BCUT2D eigenvalue weighted by atomic mass is 19.2. The van der Waals surface area contributed by atoms with Crippen LogP contribution in [-0.2, 0) is 0 Å². The molecule has 0 aromatic heterocycles. The molecule has 3 heteroatoms. The van der Waals surface area contributed by atoms with Crippen LogP contribution in [0.2, 0.25) is 0 Å².